The molecule has 252 valence electrons. The first kappa shape index (κ1) is 35.2. The van der Waals surface area contributed by atoms with Crippen molar-refractivity contribution < 1.29 is 18.0 Å². The molecular formula is C39H44ClN3O4S. The third-order valence-electron chi connectivity index (χ3n) is 8.95. The number of rotatable bonds is 13. The number of anilines is 1. The summed E-state index contributed by atoms with van der Waals surface area (Å²) in [4.78, 5) is 30.5. The van der Waals surface area contributed by atoms with Crippen molar-refractivity contribution in [3.8, 4) is 0 Å². The smallest absolute Gasteiger partial charge is 0.264 e. The van der Waals surface area contributed by atoms with Crippen molar-refractivity contribution in [2.75, 3.05) is 10.8 Å². The van der Waals surface area contributed by atoms with Gasteiger partial charge < -0.3 is 10.2 Å². The lowest BCUT2D eigenvalue weighted by Crippen LogP contribution is -2.54. The zero-order valence-corrected chi connectivity index (χ0v) is 29.4. The van der Waals surface area contributed by atoms with Gasteiger partial charge in [0.05, 0.1) is 10.6 Å². The molecule has 0 spiro atoms. The van der Waals surface area contributed by atoms with E-state index < -0.39 is 28.5 Å². The van der Waals surface area contributed by atoms with Crippen LogP contribution in [0.3, 0.4) is 0 Å². The van der Waals surface area contributed by atoms with Gasteiger partial charge in [0.1, 0.15) is 12.6 Å². The molecule has 1 fully saturated rings. The van der Waals surface area contributed by atoms with E-state index in [1.54, 1.807) is 54.6 Å². The molecule has 48 heavy (non-hydrogen) atoms. The molecule has 5 rings (SSSR count). The second kappa shape index (κ2) is 15.8. The minimum absolute atomic E-state index is 0.0387. The summed E-state index contributed by atoms with van der Waals surface area (Å²) < 4.78 is 29.8. The number of aryl methyl sites for hydroxylation is 1. The van der Waals surface area contributed by atoms with E-state index in [0.29, 0.717) is 10.7 Å². The van der Waals surface area contributed by atoms with Gasteiger partial charge in [-0.2, -0.15) is 0 Å². The lowest BCUT2D eigenvalue weighted by Gasteiger charge is -2.34. The Hall–Kier alpha value is -4.14. The second-order valence-corrected chi connectivity index (χ2v) is 15.2. The van der Waals surface area contributed by atoms with E-state index in [9.17, 15) is 18.0 Å². The Morgan fingerprint density at radius 2 is 1.50 bits per heavy atom. The minimum Gasteiger partial charge on any atom is -0.352 e. The summed E-state index contributed by atoms with van der Waals surface area (Å²) in [7, 11) is -4.17. The van der Waals surface area contributed by atoms with Crippen LogP contribution >= 0.6 is 11.6 Å². The molecule has 1 aliphatic carbocycles. The molecule has 0 aliphatic heterocycles. The van der Waals surface area contributed by atoms with Crippen LogP contribution in [-0.2, 0) is 32.6 Å². The maximum absolute atomic E-state index is 14.7. The third-order valence-corrected chi connectivity index (χ3v) is 11.0. The van der Waals surface area contributed by atoms with Gasteiger partial charge in [-0.1, -0.05) is 111 Å². The van der Waals surface area contributed by atoms with Crippen LogP contribution in [0.2, 0.25) is 5.02 Å². The molecule has 1 N–H and O–H groups in total. The highest BCUT2D eigenvalue weighted by Gasteiger charge is 2.35. The summed E-state index contributed by atoms with van der Waals surface area (Å²) in [6.07, 6.45) is 4.13. The van der Waals surface area contributed by atoms with Crippen LogP contribution in [0.1, 0.15) is 67.7 Å². The average Bonchev–Trinajstić information content (AvgIpc) is 3.59. The lowest BCUT2D eigenvalue weighted by atomic mass is 10.0. The van der Waals surface area contributed by atoms with E-state index in [-0.39, 0.29) is 35.7 Å². The van der Waals surface area contributed by atoms with E-state index in [1.165, 1.54) is 4.90 Å². The molecule has 2 amide bonds. The normalized spacial score (nSPS) is 14.1. The number of benzene rings is 4. The molecule has 7 nitrogen and oxygen atoms in total. The first-order valence-electron chi connectivity index (χ1n) is 16.6. The van der Waals surface area contributed by atoms with Gasteiger partial charge in [-0.3, -0.25) is 13.9 Å². The highest BCUT2D eigenvalue weighted by Crippen LogP contribution is 2.28. The van der Waals surface area contributed by atoms with Crippen LogP contribution < -0.4 is 9.62 Å². The van der Waals surface area contributed by atoms with Gasteiger partial charge in [0.2, 0.25) is 11.8 Å². The van der Waals surface area contributed by atoms with Gasteiger partial charge in [0.25, 0.3) is 10.0 Å². The molecule has 1 unspecified atom stereocenters. The van der Waals surface area contributed by atoms with E-state index in [0.717, 1.165) is 52.2 Å². The fourth-order valence-corrected chi connectivity index (χ4v) is 7.77. The van der Waals surface area contributed by atoms with Crippen LogP contribution in [0, 0.1) is 6.92 Å². The first-order valence-corrected chi connectivity index (χ1v) is 18.4. The molecule has 0 heterocycles. The van der Waals surface area contributed by atoms with Crippen LogP contribution in [0.5, 0.6) is 0 Å². The molecule has 4 aromatic rings. The Morgan fingerprint density at radius 3 is 2.12 bits per heavy atom. The Morgan fingerprint density at radius 1 is 0.854 bits per heavy atom. The summed E-state index contributed by atoms with van der Waals surface area (Å²) in [6, 6.07) is 29.7. The van der Waals surface area contributed by atoms with Crippen LogP contribution in [-0.4, -0.2) is 43.8 Å². The molecule has 1 saturated carbocycles. The number of hydrogen-bond acceptors (Lipinski definition) is 4. The molecule has 0 saturated heterocycles. The second-order valence-electron chi connectivity index (χ2n) is 12.9. The van der Waals surface area contributed by atoms with Gasteiger partial charge in [-0.15, -0.1) is 0 Å². The zero-order chi connectivity index (χ0) is 34.3. The largest absolute Gasteiger partial charge is 0.352 e. The lowest BCUT2D eigenvalue weighted by molar-refractivity contribution is -0.140. The monoisotopic (exact) mass is 685 g/mol. The van der Waals surface area contributed by atoms with Crippen LogP contribution in [0.25, 0.3) is 0 Å². The Bertz CT molecular complexity index is 1790. The number of carbonyl (C=O) groups excluding carboxylic acids is 2. The Labute approximate surface area is 290 Å². The standard InChI is InChI=1S/C39H44ClN3O4S/c1-28(2)32-18-20-35(21-19-32)43(48(46,47)36-22-16-29(3)17-23-36)27-38(44)42(26-31-12-9-13-33(40)24-31)37(25-30-10-5-4-6-11-30)39(45)41-34-14-7-8-15-34/h4-6,9-13,16-24,28,34,37H,7-8,14-15,25-27H2,1-3H3,(H,41,45). The topological polar surface area (TPSA) is 86.8 Å². The Balaban J connectivity index is 1.57. The summed E-state index contributed by atoms with van der Waals surface area (Å²) in [5.41, 5.74) is 3.96. The molecule has 0 aromatic heterocycles. The molecule has 0 radical (unpaired) electrons. The summed E-state index contributed by atoms with van der Waals surface area (Å²) in [6.45, 7) is 5.59. The van der Waals surface area contributed by atoms with E-state index in [1.807, 2.05) is 55.5 Å². The van der Waals surface area contributed by atoms with Crippen molar-refractivity contribution in [2.45, 2.75) is 82.3 Å². The quantitative estimate of drug-likeness (QED) is 0.157. The molecule has 9 heteroatoms. The van der Waals surface area contributed by atoms with Crippen molar-refractivity contribution in [3.05, 3.63) is 130 Å². The van der Waals surface area contributed by atoms with Gasteiger partial charge in [-0.05, 0) is 78.8 Å². The fourth-order valence-electron chi connectivity index (χ4n) is 6.15. The number of nitrogens with one attached hydrogen (secondary N) is 1. The number of sulfonamides is 1. The predicted molar refractivity (Wildman–Crippen MR) is 193 cm³/mol. The third kappa shape index (κ3) is 8.85. The molecular weight excluding hydrogens is 642 g/mol. The highest BCUT2D eigenvalue weighted by atomic mass is 35.5. The van der Waals surface area contributed by atoms with Crippen LogP contribution in [0.4, 0.5) is 5.69 Å². The van der Waals surface area contributed by atoms with Gasteiger partial charge >= 0.3 is 0 Å². The zero-order valence-electron chi connectivity index (χ0n) is 27.8. The van der Waals surface area contributed by atoms with E-state index in [2.05, 4.69) is 19.2 Å². The minimum atomic E-state index is -4.17. The van der Waals surface area contributed by atoms with Crippen molar-refractivity contribution in [1.82, 2.24) is 10.2 Å². The van der Waals surface area contributed by atoms with Crippen LogP contribution in [0.15, 0.2) is 108 Å². The van der Waals surface area contributed by atoms with Gasteiger partial charge in [0, 0.05) is 24.0 Å². The van der Waals surface area contributed by atoms with Crippen molar-refractivity contribution in [1.29, 1.82) is 0 Å². The first-order chi connectivity index (χ1) is 23.0. The highest BCUT2D eigenvalue weighted by molar-refractivity contribution is 7.92. The summed E-state index contributed by atoms with van der Waals surface area (Å²) in [5.74, 6) is -0.510. The predicted octanol–water partition coefficient (Wildman–Crippen LogP) is 7.67. The van der Waals surface area contributed by atoms with Crippen molar-refractivity contribution in [2.24, 2.45) is 0 Å². The molecule has 4 aromatic carbocycles. The number of hydrogen-bond donors (Lipinski definition) is 1. The SMILES string of the molecule is Cc1ccc(S(=O)(=O)N(CC(=O)N(Cc2cccc(Cl)c2)C(Cc2ccccc2)C(=O)NC2CCCC2)c2ccc(C(C)C)cc2)cc1. The molecule has 0 bridgehead atoms. The van der Waals surface area contributed by atoms with Gasteiger partial charge in [0.15, 0.2) is 0 Å². The molecule has 1 aliphatic rings. The summed E-state index contributed by atoms with van der Waals surface area (Å²) in [5, 5.41) is 3.71. The number of nitrogens with zero attached hydrogens (tertiary/aromatic N) is 2. The average molecular weight is 686 g/mol. The fraction of sp³-hybridized carbons (Fsp3) is 0.333. The molecule has 1 atom stereocenters. The Kier molecular flexibility index (Phi) is 11.6. The van der Waals surface area contributed by atoms with Crippen molar-refractivity contribution >= 4 is 39.1 Å². The summed E-state index contributed by atoms with van der Waals surface area (Å²) >= 11 is 6.36. The maximum Gasteiger partial charge on any atom is 0.264 e. The number of halogens is 1. The number of carbonyl (C=O) groups is 2. The van der Waals surface area contributed by atoms with E-state index in [4.69, 9.17) is 11.6 Å². The van der Waals surface area contributed by atoms with E-state index >= 15 is 0 Å². The van der Waals surface area contributed by atoms with Gasteiger partial charge in [-0.25, -0.2) is 8.42 Å². The maximum atomic E-state index is 14.7. The van der Waals surface area contributed by atoms with Crippen molar-refractivity contribution in [3.63, 3.8) is 0 Å². The number of amides is 2.